The highest BCUT2D eigenvalue weighted by Gasteiger charge is 2.69. The highest BCUT2D eigenvalue weighted by atomic mass is 16.8. The fraction of sp³-hybridized carbons (Fsp3) is 0.917. The Kier molecular flexibility index (Phi) is 14.0. The van der Waals surface area contributed by atoms with E-state index in [1.807, 2.05) is 6.92 Å². The van der Waals surface area contributed by atoms with Gasteiger partial charge in [0.25, 0.3) is 0 Å². The Morgan fingerprint density at radius 1 is 0.576 bits per heavy atom. The van der Waals surface area contributed by atoms with Crippen LogP contribution in [0.25, 0.3) is 0 Å². The van der Waals surface area contributed by atoms with Gasteiger partial charge in [-0.2, -0.15) is 0 Å². The maximum Gasteiger partial charge on any atom is 0.187 e. The zero-order chi connectivity index (χ0) is 48.3. The topological polar surface area (TPSA) is 298 Å². The summed E-state index contributed by atoms with van der Waals surface area (Å²) >= 11 is 0. The Morgan fingerprint density at radius 3 is 1.73 bits per heavy atom. The number of fused-ring (bicyclic) bond motifs is 7. The highest BCUT2D eigenvalue weighted by molar-refractivity contribution is 5.46. The molecule has 3 aliphatic heterocycles. The van der Waals surface area contributed by atoms with Crippen molar-refractivity contribution in [3.05, 3.63) is 23.3 Å². The molecule has 24 atom stereocenters. The summed E-state index contributed by atoms with van der Waals surface area (Å²) in [5, 5.41) is 131. The van der Waals surface area contributed by atoms with E-state index in [1.165, 1.54) is 11.1 Å². The lowest BCUT2D eigenvalue weighted by atomic mass is 9.35. The number of aliphatic hydroxyl groups excluding tert-OH is 12. The molecule has 0 aromatic rings. The van der Waals surface area contributed by atoms with Crippen LogP contribution in [0.15, 0.2) is 23.3 Å². The van der Waals surface area contributed by atoms with Gasteiger partial charge < -0.3 is 89.7 Å². The number of hydrogen-bond acceptors (Lipinski definition) is 18. The summed E-state index contributed by atoms with van der Waals surface area (Å²) in [6.45, 7) is 13.1. The number of aliphatic hydroxyl groups is 12. The van der Waals surface area contributed by atoms with E-state index in [4.69, 9.17) is 28.4 Å². The minimum Gasteiger partial charge on any atom is -0.396 e. The lowest BCUT2D eigenvalue weighted by Gasteiger charge is -2.69. The molecule has 0 aromatic carbocycles. The molecule has 18 heteroatoms. The van der Waals surface area contributed by atoms with Crippen LogP contribution in [0.2, 0.25) is 0 Å². The van der Waals surface area contributed by atoms with E-state index in [0.717, 1.165) is 25.7 Å². The van der Waals surface area contributed by atoms with Gasteiger partial charge in [-0.1, -0.05) is 64.8 Å². The molecule has 66 heavy (non-hydrogen) atoms. The third-order valence-electron chi connectivity index (χ3n) is 19.0. The number of rotatable bonds is 10. The van der Waals surface area contributed by atoms with Gasteiger partial charge in [0.15, 0.2) is 18.9 Å². The third-order valence-corrected chi connectivity index (χ3v) is 19.0. The van der Waals surface area contributed by atoms with Crippen LogP contribution in [0.3, 0.4) is 0 Å². The molecule has 8 aliphatic rings. The Morgan fingerprint density at radius 2 is 1.17 bits per heavy atom. The number of ether oxygens (including phenoxy) is 6. The van der Waals surface area contributed by atoms with Gasteiger partial charge in [-0.25, -0.2) is 0 Å². The summed E-state index contributed by atoms with van der Waals surface area (Å²) in [7, 11) is 0. The van der Waals surface area contributed by atoms with Crippen molar-refractivity contribution >= 4 is 0 Å². The van der Waals surface area contributed by atoms with Crippen LogP contribution in [-0.2, 0) is 28.4 Å². The summed E-state index contributed by atoms with van der Waals surface area (Å²) < 4.78 is 37.1. The maximum absolute atomic E-state index is 12.1. The Hall–Kier alpha value is -1.24. The fourth-order valence-corrected chi connectivity index (χ4v) is 14.5. The predicted octanol–water partition coefficient (Wildman–Crippen LogP) is -0.495. The van der Waals surface area contributed by atoms with Gasteiger partial charge in [0.1, 0.15) is 67.1 Å². The van der Waals surface area contributed by atoms with Gasteiger partial charge in [0, 0.05) is 16.2 Å². The van der Waals surface area contributed by atoms with Crippen molar-refractivity contribution in [2.75, 3.05) is 26.4 Å². The van der Waals surface area contributed by atoms with Gasteiger partial charge in [0.2, 0.25) is 0 Å². The molecular formula is C48H78O18. The van der Waals surface area contributed by atoms with Gasteiger partial charge in [-0.05, 0) is 86.4 Å². The van der Waals surface area contributed by atoms with Crippen molar-refractivity contribution in [3.8, 4) is 0 Å². The first-order valence-electron chi connectivity index (χ1n) is 24.2. The SMILES string of the molecule is CC1OC(OC2CCC3(C)C4=CC=C5C6CC(C)(C)CCC6(CO)C(O)CC5(C)C4(C)CCC3C2(C)CO)C(OC2OC(CO)C(O)C(O)C2O)C(OC2OC(CO)C(O)C(O)C2O)C1O. The molecule has 0 amide bonds. The van der Waals surface area contributed by atoms with Crippen molar-refractivity contribution in [1.29, 1.82) is 0 Å². The molecule has 0 radical (unpaired) electrons. The number of allylic oxidation sites excluding steroid dienone is 4. The average molecular weight is 943 g/mol. The summed E-state index contributed by atoms with van der Waals surface area (Å²) in [6, 6.07) is 0. The van der Waals surface area contributed by atoms with Crippen molar-refractivity contribution in [3.63, 3.8) is 0 Å². The Bertz CT molecular complexity index is 1810. The van der Waals surface area contributed by atoms with Gasteiger partial charge in [-0.15, -0.1) is 0 Å². The largest absolute Gasteiger partial charge is 0.396 e. The van der Waals surface area contributed by atoms with Crippen LogP contribution < -0.4 is 0 Å². The molecule has 24 unspecified atom stereocenters. The van der Waals surface area contributed by atoms with E-state index < -0.39 is 139 Å². The molecule has 8 rings (SSSR count). The lowest BCUT2D eigenvalue weighted by Crippen LogP contribution is -2.68. The third kappa shape index (κ3) is 7.75. The average Bonchev–Trinajstić information content (AvgIpc) is 3.27. The van der Waals surface area contributed by atoms with Crippen LogP contribution in [-0.4, -0.2) is 192 Å². The van der Waals surface area contributed by atoms with E-state index in [-0.39, 0.29) is 35.9 Å². The van der Waals surface area contributed by atoms with Gasteiger partial charge >= 0.3 is 0 Å². The first-order valence-corrected chi connectivity index (χ1v) is 24.2. The van der Waals surface area contributed by atoms with Crippen LogP contribution in [0.1, 0.15) is 99.8 Å². The summed E-state index contributed by atoms with van der Waals surface area (Å²) in [5.74, 6) is -0.113. The second-order valence-corrected chi connectivity index (χ2v) is 23.0. The number of hydrogen-bond donors (Lipinski definition) is 12. The van der Waals surface area contributed by atoms with Crippen molar-refractivity contribution < 1.29 is 89.7 Å². The van der Waals surface area contributed by atoms with Crippen LogP contribution in [0, 0.1) is 44.3 Å². The Balaban J connectivity index is 1.12. The van der Waals surface area contributed by atoms with E-state index in [0.29, 0.717) is 25.7 Å². The zero-order valence-electron chi connectivity index (χ0n) is 39.4. The van der Waals surface area contributed by atoms with Crippen molar-refractivity contribution in [2.45, 2.75) is 204 Å². The van der Waals surface area contributed by atoms with Crippen molar-refractivity contribution in [2.24, 2.45) is 44.3 Å². The standard InChI is InChI=1S/C48H78O18/c1-22-31(54)38(65-40-36(59)34(57)32(55)25(18-49)62-40)39(66-41-37(60)35(58)33(56)26(19-50)63-41)42(61-22)64-30-11-12-44(4)27(45(30,5)20-51)10-13-46(6)28(44)9-8-23-24-16-43(2,3)14-15-48(24,21-52)29(53)17-47(23,46)7/h8-9,22,24-27,29-42,49-60H,10-21H2,1-7H3. The lowest BCUT2D eigenvalue weighted by molar-refractivity contribution is -0.397. The Labute approximate surface area is 387 Å². The molecule has 0 aromatic heterocycles. The quantitative estimate of drug-likeness (QED) is 0.123. The van der Waals surface area contributed by atoms with E-state index >= 15 is 0 Å². The van der Waals surface area contributed by atoms with E-state index in [9.17, 15) is 61.3 Å². The molecule has 3 saturated heterocycles. The minimum absolute atomic E-state index is 0.0232. The molecule has 4 saturated carbocycles. The molecule has 378 valence electrons. The summed E-state index contributed by atoms with van der Waals surface area (Å²) in [6.07, 6.45) is -15.6. The normalized spacial score (nSPS) is 54.8. The van der Waals surface area contributed by atoms with Gasteiger partial charge in [-0.3, -0.25) is 0 Å². The smallest absolute Gasteiger partial charge is 0.187 e. The predicted molar refractivity (Wildman–Crippen MR) is 231 cm³/mol. The van der Waals surface area contributed by atoms with E-state index in [2.05, 4.69) is 46.8 Å². The fourth-order valence-electron chi connectivity index (χ4n) is 14.5. The molecule has 5 aliphatic carbocycles. The summed E-state index contributed by atoms with van der Waals surface area (Å²) in [4.78, 5) is 0. The monoisotopic (exact) mass is 943 g/mol. The molecule has 0 bridgehead atoms. The molecule has 3 heterocycles. The second kappa shape index (κ2) is 18.1. The van der Waals surface area contributed by atoms with Crippen molar-refractivity contribution in [1.82, 2.24) is 0 Å². The highest BCUT2D eigenvalue weighted by Crippen LogP contribution is 2.74. The van der Waals surface area contributed by atoms with E-state index in [1.54, 1.807) is 6.92 Å². The first-order chi connectivity index (χ1) is 30.9. The van der Waals surface area contributed by atoms with Crippen LogP contribution in [0.4, 0.5) is 0 Å². The molecule has 18 nitrogen and oxygen atoms in total. The molecule has 7 fully saturated rings. The second-order valence-electron chi connectivity index (χ2n) is 23.0. The molecule has 0 spiro atoms. The zero-order valence-corrected chi connectivity index (χ0v) is 39.4. The van der Waals surface area contributed by atoms with Crippen LogP contribution >= 0.6 is 0 Å². The maximum atomic E-state index is 12.1. The van der Waals surface area contributed by atoms with Crippen LogP contribution in [0.5, 0.6) is 0 Å². The summed E-state index contributed by atoms with van der Waals surface area (Å²) in [5.41, 5.74) is -0.0763. The minimum atomic E-state index is -1.89. The first kappa shape index (κ1) is 51.1. The van der Waals surface area contributed by atoms with Gasteiger partial charge in [0.05, 0.1) is 44.7 Å². The molecular weight excluding hydrogens is 865 g/mol. The molecule has 12 N–H and O–H groups in total.